The summed E-state index contributed by atoms with van der Waals surface area (Å²) in [6.45, 7) is 0. The molecule has 0 atom stereocenters. The molecule has 1 saturated carbocycles. The van der Waals surface area contributed by atoms with Gasteiger partial charge < -0.3 is 0 Å². The lowest BCUT2D eigenvalue weighted by atomic mass is 10.1. The van der Waals surface area contributed by atoms with E-state index < -0.39 is 0 Å². The van der Waals surface area contributed by atoms with Crippen LogP contribution in [0.25, 0.3) is 10.2 Å². The molecule has 1 heterocycles. The average Bonchev–Trinajstić information content (AvgIpc) is 2.80. The number of nitrogens with zero attached hydrogens (tertiary/aromatic N) is 2. The Morgan fingerprint density at radius 2 is 2.00 bits per heavy atom. The number of nitrogens with one attached hydrogen (secondary N) is 2. The maximum absolute atomic E-state index is 12.2. The first kappa shape index (κ1) is 13.5. The standard InChI is InChI=1S/C14H18N4OS/c19-14(17-15-10-6-3-1-2-4-7-10)11-8-5-9-12-13(11)16-18-20-12/h5,8-10,15H,1-4,6-7H2,(H,17,19). The zero-order valence-corrected chi connectivity index (χ0v) is 12.1. The zero-order valence-electron chi connectivity index (χ0n) is 11.3. The molecule has 0 aliphatic heterocycles. The van der Waals surface area contributed by atoms with Crippen LogP contribution in [0.5, 0.6) is 0 Å². The van der Waals surface area contributed by atoms with Gasteiger partial charge in [-0.1, -0.05) is 36.2 Å². The van der Waals surface area contributed by atoms with E-state index in [0.717, 1.165) is 17.5 Å². The quantitative estimate of drug-likeness (QED) is 0.673. The van der Waals surface area contributed by atoms with Crippen molar-refractivity contribution in [2.45, 2.75) is 44.6 Å². The molecule has 2 aromatic rings. The number of hydrogen-bond acceptors (Lipinski definition) is 5. The van der Waals surface area contributed by atoms with Crippen LogP contribution in [-0.4, -0.2) is 21.5 Å². The van der Waals surface area contributed by atoms with E-state index in [-0.39, 0.29) is 5.91 Å². The molecule has 1 amide bonds. The molecule has 3 rings (SSSR count). The van der Waals surface area contributed by atoms with Crippen LogP contribution in [0, 0.1) is 0 Å². The summed E-state index contributed by atoms with van der Waals surface area (Å²) in [7, 11) is 0. The van der Waals surface area contributed by atoms with E-state index in [9.17, 15) is 4.79 Å². The van der Waals surface area contributed by atoms with Crippen LogP contribution in [0.15, 0.2) is 18.2 Å². The highest BCUT2D eigenvalue weighted by atomic mass is 32.1. The Labute approximate surface area is 121 Å². The largest absolute Gasteiger partial charge is 0.287 e. The first-order chi connectivity index (χ1) is 9.84. The van der Waals surface area contributed by atoms with Crippen LogP contribution in [-0.2, 0) is 0 Å². The van der Waals surface area contributed by atoms with Crippen molar-refractivity contribution in [3.63, 3.8) is 0 Å². The van der Waals surface area contributed by atoms with Gasteiger partial charge in [-0.15, -0.1) is 5.10 Å². The van der Waals surface area contributed by atoms with Crippen LogP contribution in [0.2, 0.25) is 0 Å². The fourth-order valence-electron chi connectivity index (χ4n) is 2.65. The van der Waals surface area contributed by atoms with Crippen LogP contribution >= 0.6 is 11.5 Å². The van der Waals surface area contributed by atoms with E-state index in [1.807, 2.05) is 12.1 Å². The van der Waals surface area contributed by atoms with Gasteiger partial charge in [-0.2, -0.15) is 0 Å². The van der Waals surface area contributed by atoms with Gasteiger partial charge in [0.15, 0.2) is 0 Å². The van der Waals surface area contributed by atoms with Gasteiger partial charge >= 0.3 is 0 Å². The molecule has 5 nitrogen and oxygen atoms in total. The molecular weight excluding hydrogens is 272 g/mol. The predicted molar refractivity (Wildman–Crippen MR) is 79.5 cm³/mol. The number of hydrogen-bond donors (Lipinski definition) is 2. The minimum atomic E-state index is -0.132. The lowest BCUT2D eigenvalue weighted by Crippen LogP contribution is -2.44. The second kappa shape index (κ2) is 6.28. The van der Waals surface area contributed by atoms with E-state index in [4.69, 9.17) is 0 Å². The van der Waals surface area contributed by atoms with E-state index in [2.05, 4.69) is 20.4 Å². The number of benzene rings is 1. The van der Waals surface area contributed by atoms with Crippen molar-refractivity contribution >= 4 is 27.7 Å². The van der Waals surface area contributed by atoms with Gasteiger partial charge in [0.1, 0.15) is 5.52 Å². The van der Waals surface area contributed by atoms with Gasteiger partial charge in [0.25, 0.3) is 5.91 Å². The number of hydrazine groups is 1. The third kappa shape index (κ3) is 2.96. The molecule has 1 aromatic carbocycles. The van der Waals surface area contributed by atoms with Crippen molar-refractivity contribution in [1.82, 2.24) is 20.4 Å². The average molecular weight is 290 g/mol. The van der Waals surface area contributed by atoms with E-state index in [1.54, 1.807) is 6.07 Å². The van der Waals surface area contributed by atoms with Crippen molar-refractivity contribution < 1.29 is 4.79 Å². The highest BCUT2D eigenvalue weighted by molar-refractivity contribution is 7.13. The monoisotopic (exact) mass is 290 g/mol. The van der Waals surface area contributed by atoms with E-state index >= 15 is 0 Å². The van der Waals surface area contributed by atoms with E-state index in [1.165, 1.54) is 37.2 Å². The summed E-state index contributed by atoms with van der Waals surface area (Å²) in [5, 5.41) is 4.03. The smallest absolute Gasteiger partial charge is 0.267 e. The van der Waals surface area contributed by atoms with Crippen molar-refractivity contribution in [3.05, 3.63) is 23.8 Å². The SMILES string of the molecule is O=C(NNC1CCCCCC1)c1cccc2snnc12. The van der Waals surface area contributed by atoms with Crippen LogP contribution < -0.4 is 10.9 Å². The molecule has 106 valence electrons. The molecule has 0 bridgehead atoms. The Morgan fingerprint density at radius 3 is 2.80 bits per heavy atom. The molecule has 1 fully saturated rings. The molecule has 0 saturated heterocycles. The van der Waals surface area contributed by atoms with Crippen molar-refractivity contribution in [2.24, 2.45) is 0 Å². The predicted octanol–water partition coefficient (Wildman–Crippen LogP) is 2.65. The second-order valence-corrected chi connectivity index (χ2v) is 6.00. The number of amides is 1. The van der Waals surface area contributed by atoms with E-state index in [0.29, 0.717) is 17.1 Å². The summed E-state index contributed by atoms with van der Waals surface area (Å²) in [6, 6.07) is 5.96. The number of fused-ring (bicyclic) bond motifs is 1. The van der Waals surface area contributed by atoms with Crippen LogP contribution in [0.3, 0.4) is 0 Å². The summed E-state index contributed by atoms with van der Waals surface area (Å²) >= 11 is 1.31. The number of carbonyl (C=O) groups is 1. The molecule has 0 radical (unpaired) electrons. The molecule has 6 heteroatoms. The third-order valence-corrected chi connectivity index (χ3v) is 4.46. The minimum Gasteiger partial charge on any atom is -0.287 e. The minimum absolute atomic E-state index is 0.132. The lowest BCUT2D eigenvalue weighted by molar-refractivity contribution is 0.0924. The van der Waals surface area contributed by atoms with Gasteiger partial charge in [-0.05, 0) is 36.5 Å². The van der Waals surface area contributed by atoms with Gasteiger partial charge in [-0.25, -0.2) is 5.43 Å². The van der Waals surface area contributed by atoms with Gasteiger partial charge in [0, 0.05) is 6.04 Å². The topological polar surface area (TPSA) is 66.9 Å². The first-order valence-electron chi connectivity index (χ1n) is 7.11. The molecule has 0 spiro atoms. The van der Waals surface area contributed by atoms with Gasteiger partial charge in [0.05, 0.1) is 10.3 Å². The van der Waals surface area contributed by atoms with Gasteiger partial charge in [0.2, 0.25) is 0 Å². The molecule has 2 N–H and O–H groups in total. The zero-order chi connectivity index (χ0) is 13.8. The van der Waals surface area contributed by atoms with Crippen molar-refractivity contribution in [1.29, 1.82) is 0 Å². The Bertz CT molecular complexity index is 590. The maximum Gasteiger partial charge on any atom is 0.267 e. The normalized spacial score (nSPS) is 17.0. The number of carbonyl (C=O) groups excluding carboxylic acids is 1. The Morgan fingerprint density at radius 1 is 1.20 bits per heavy atom. The summed E-state index contributed by atoms with van der Waals surface area (Å²) < 4.78 is 4.84. The third-order valence-electron chi connectivity index (χ3n) is 3.77. The van der Waals surface area contributed by atoms with Crippen LogP contribution in [0.4, 0.5) is 0 Å². The summed E-state index contributed by atoms with van der Waals surface area (Å²) in [4.78, 5) is 12.2. The Hall–Kier alpha value is -1.53. The summed E-state index contributed by atoms with van der Waals surface area (Å²) in [5.74, 6) is -0.132. The highest BCUT2D eigenvalue weighted by Crippen LogP contribution is 2.19. The number of aromatic nitrogens is 2. The summed E-state index contributed by atoms with van der Waals surface area (Å²) in [6.07, 6.45) is 7.33. The molecule has 1 aliphatic carbocycles. The fraction of sp³-hybridized carbons (Fsp3) is 0.500. The molecule has 1 aliphatic rings. The summed E-state index contributed by atoms with van der Waals surface area (Å²) in [5.41, 5.74) is 7.26. The molecule has 0 unspecified atom stereocenters. The highest BCUT2D eigenvalue weighted by Gasteiger charge is 2.15. The second-order valence-electron chi connectivity index (χ2n) is 5.21. The number of rotatable bonds is 3. The van der Waals surface area contributed by atoms with Crippen molar-refractivity contribution in [3.8, 4) is 0 Å². The first-order valence-corrected chi connectivity index (χ1v) is 7.89. The molecular formula is C14H18N4OS. The maximum atomic E-state index is 12.2. The Kier molecular flexibility index (Phi) is 4.22. The van der Waals surface area contributed by atoms with Gasteiger partial charge in [-0.3, -0.25) is 10.2 Å². The molecule has 1 aromatic heterocycles. The fourth-order valence-corrected chi connectivity index (χ4v) is 3.23. The lowest BCUT2D eigenvalue weighted by Gasteiger charge is -2.16. The molecule has 20 heavy (non-hydrogen) atoms. The Balaban J connectivity index is 1.65. The van der Waals surface area contributed by atoms with Crippen LogP contribution in [0.1, 0.15) is 48.9 Å². The van der Waals surface area contributed by atoms with Crippen molar-refractivity contribution in [2.75, 3.05) is 0 Å².